The van der Waals surface area contributed by atoms with E-state index in [4.69, 9.17) is 0 Å². The molecule has 0 radical (unpaired) electrons. The Morgan fingerprint density at radius 2 is 2.19 bits per heavy atom. The molecule has 2 atom stereocenters. The van der Waals surface area contributed by atoms with Crippen molar-refractivity contribution < 1.29 is 4.79 Å². The van der Waals surface area contributed by atoms with Gasteiger partial charge in [0.2, 0.25) is 0 Å². The third kappa shape index (κ3) is 3.32. The summed E-state index contributed by atoms with van der Waals surface area (Å²) in [6, 6.07) is 1.92. The molecule has 1 saturated carbocycles. The highest BCUT2D eigenvalue weighted by atomic mass is 32.2. The Morgan fingerprint density at radius 3 is 2.90 bits per heavy atom. The van der Waals surface area contributed by atoms with Crippen LogP contribution in [0.1, 0.15) is 24.2 Å². The maximum absolute atomic E-state index is 11.8. The maximum Gasteiger partial charge on any atom is 0.250 e. The van der Waals surface area contributed by atoms with Crippen molar-refractivity contribution in [1.29, 1.82) is 0 Å². The van der Waals surface area contributed by atoms with Crippen molar-refractivity contribution in [1.82, 2.24) is 15.4 Å². The highest BCUT2D eigenvalue weighted by Crippen LogP contribution is 2.40. The molecule has 0 aliphatic heterocycles. The Morgan fingerprint density at radius 1 is 1.43 bits per heavy atom. The molecule has 21 heavy (non-hydrogen) atoms. The molecule has 1 amide bonds. The smallest absolute Gasteiger partial charge is 0.250 e. The van der Waals surface area contributed by atoms with Gasteiger partial charge in [-0.1, -0.05) is 23.9 Å². The van der Waals surface area contributed by atoms with Crippen molar-refractivity contribution in [2.45, 2.75) is 31.8 Å². The Labute approximate surface area is 128 Å². The lowest BCUT2D eigenvalue weighted by Crippen LogP contribution is -2.35. The first kappa shape index (κ1) is 14.3. The molecule has 2 aliphatic carbocycles. The van der Waals surface area contributed by atoms with Gasteiger partial charge in [0.1, 0.15) is 0 Å². The molecule has 1 heterocycles. The zero-order valence-electron chi connectivity index (χ0n) is 12.2. The number of allylic oxidation sites excluding steroid dienone is 2. The summed E-state index contributed by atoms with van der Waals surface area (Å²) in [5, 5.41) is 4.88. The van der Waals surface area contributed by atoms with Gasteiger partial charge in [0.25, 0.3) is 5.91 Å². The van der Waals surface area contributed by atoms with Gasteiger partial charge in [-0.3, -0.25) is 4.79 Å². The average molecular weight is 302 g/mol. The SMILES string of the molecule is Cc1cc(C)nc(SCC(=O)N/N=C2\CC3C=CCC23)n1. The fraction of sp³-hybridized carbons (Fsp3) is 0.467. The van der Waals surface area contributed by atoms with E-state index in [0.29, 0.717) is 17.0 Å². The van der Waals surface area contributed by atoms with Crippen LogP contribution in [0.5, 0.6) is 0 Å². The van der Waals surface area contributed by atoms with E-state index in [2.05, 4.69) is 32.6 Å². The Hall–Kier alpha value is -1.69. The number of amides is 1. The second-order valence-corrected chi connectivity index (χ2v) is 6.44. The monoisotopic (exact) mass is 302 g/mol. The van der Waals surface area contributed by atoms with E-state index in [0.717, 1.165) is 29.9 Å². The van der Waals surface area contributed by atoms with Crippen LogP contribution in [-0.4, -0.2) is 27.3 Å². The number of nitrogens with one attached hydrogen (secondary N) is 1. The number of hydrazone groups is 1. The van der Waals surface area contributed by atoms with E-state index in [1.807, 2.05) is 19.9 Å². The average Bonchev–Trinajstić information content (AvgIpc) is 2.77. The fourth-order valence-corrected chi connectivity index (χ4v) is 3.46. The first-order valence-electron chi connectivity index (χ1n) is 7.09. The molecule has 1 aromatic rings. The number of hydrogen-bond acceptors (Lipinski definition) is 5. The molecule has 0 saturated heterocycles. The molecule has 1 aromatic heterocycles. The van der Waals surface area contributed by atoms with E-state index in [9.17, 15) is 4.79 Å². The number of nitrogens with zero attached hydrogens (tertiary/aromatic N) is 3. The zero-order valence-corrected chi connectivity index (χ0v) is 13.0. The normalized spacial score (nSPS) is 24.8. The predicted octanol–water partition coefficient (Wildman–Crippen LogP) is 2.25. The van der Waals surface area contributed by atoms with Gasteiger partial charge in [-0.25, -0.2) is 15.4 Å². The van der Waals surface area contributed by atoms with Gasteiger partial charge in [0.15, 0.2) is 5.16 Å². The van der Waals surface area contributed by atoms with Crippen LogP contribution in [0.4, 0.5) is 0 Å². The number of carbonyl (C=O) groups excluding carboxylic acids is 1. The first-order chi connectivity index (χ1) is 10.1. The van der Waals surface area contributed by atoms with Crippen LogP contribution in [0.2, 0.25) is 0 Å². The molecule has 0 bridgehead atoms. The molecule has 110 valence electrons. The molecule has 2 aliphatic rings. The van der Waals surface area contributed by atoms with Crippen molar-refractivity contribution in [3.8, 4) is 0 Å². The fourth-order valence-electron chi connectivity index (χ4n) is 2.72. The largest absolute Gasteiger partial charge is 0.272 e. The molecule has 0 spiro atoms. The second-order valence-electron chi connectivity index (χ2n) is 5.50. The van der Waals surface area contributed by atoms with Crippen molar-refractivity contribution in [2.24, 2.45) is 16.9 Å². The number of rotatable bonds is 4. The van der Waals surface area contributed by atoms with Gasteiger partial charge < -0.3 is 0 Å². The Bertz CT molecular complexity index is 606. The minimum atomic E-state index is -0.107. The first-order valence-corrected chi connectivity index (χ1v) is 8.07. The molecule has 1 N–H and O–H groups in total. The van der Waals surface area contributed by atoms with Crippen LogP contribution in [0, 0.1) is 25.7 Å². The minimum absolute atomic E-state index is 0.107. The quantitative estimate of drug-likeness (QED) is 0.401. The minimum Gasteiger partial charge on any atom is -0.272 e. The van der Waals surface area contributed by atoms with Crippen LogP contribution in [0.3, 0.4) is 0 Å². The highest BCUT2D eigenvalue weighted by molar-refractivity contribution is 7.99. The van der Waals surface area contributed by atoms with Crippen LogP contribution < -0.4 is 5.43 Å². The summed E-state index contributed by atoms with van der Waals surface area (Å²) in [6.45, 7) is 3.85. The number of hydrogen-bond donors (Lipinski definition) is 1. The number of aryl methyl sites for hydroxylation is 2. The van der Waals surface area contributed by atoms with Gasteiger partial charge in [-0.2, -0.15) is 5.10 Å². The second kappa shape index (κ2) is 5.97. The van der Waals surface area contributed by atoms with Crippen LogP contribution in [0.15, 0.2) is 28.5 Å². The van der Waals surface area contributed by atoms with Gasteiger partial charge >= 0.3 is 0 Å². The van der Waals surface area contributed by atoms with E-state index in [1.165, 1.54) is 11.8 Å². The summed E-state index contributed by atoms with van der Waals surface area (Å²) >= 11 is 1.34. The van der Waals surface area contributed by atoms with Gasteiger partial charge in [0, 0.05) is 23.0 Å². The predicted molar refractivity (Wildman–Crippen MR) is 83.2 cm³/mol. The lowest BCUT2D eigenvalue weighted by Gasteiger charge is -2.31. The number of aromatic nitrogens is 2. The molecular weight excluding hydrogens is 284 g/mol. The third-order valence-electron chi connectivity index (χ3n) is 3.78. The summed E-state index contributed by atoms with van der Waals surface area (Å²) in [4.78, 5) is 20.4. The summed E-state index contributed by atoms with van der Waals surface area (Å²) in [7, 11) is 0. The van der Waals surface area contributed by atoms with Crippen molar-refractivity contribution in [3.05, 3.63) is 29.6 Å². The van der Waals surface area contributed by atoms with Crippen LogP contribution in [0.25, 0.3) is 0 Å². The number of carbonyl (C=O) groups is 1. The van der Waals surface area contributed by atoms with Gasteiger partial charge in [0.05, 0.1) is 5.75 Å². The lowest BCUT2D eigenvalue weighted by molar-refractivity contribution is -0.118. The summed E-state index contributed by atoms with van der Waals surface area (Å²) in [5.41, 5.74) is 5.59. The lowest BCUT2D eigenvalue weighted by atomic mass is 9.74. The Balaban J connectivity index is 1.47. The molecule has 6 heteroatoms. The van der Waals surface area contributed by atoms with E-state index in [1.54, 1.807) is 0 Å². The Kier molecular flexibility index (Phi) is 4.05. The molecule has 1 fully saturated rings. The van der Waals surface area contributed by atoms with Gasteiger partial charge in [-0.05, 0) is 38.7 Å². The van der Waals surface area contributed by atoms with E-state index < -0.39 is 0 Å². The van der Waals surface area contributed by atoms with Gasteiger partial charge in [-0.15, -0.1) is 0 Å². The van der Waals surface area contributed by atoms with E-state index in [-0.39, 0.29) is 11.7 Å². The molecular formula is C15H18N4OS. The van der Waals surface area contributed by atoms with Crippen LogP contribution in [-0.2, 0) is 4.79 Å². The summed E-state index contributed by atoms with van der Waals surface area (Å²) in [5.74, 6) is 1.36. The molecule has 0 aromatic carbocycles. The molecule has 3 rings (SSSR count). The molecule has 5 nitrogen and oxygen atoms in total. The van der Waals surface area contributed by atoms with Crippen molar-refractivity contribution in [3.63, 3.8) is 0 Å². The zero-order chi connectivity index (χ0) is 14.8. The highest BCUT2D eigenvalue weighted by Gasteiger charge is 2.37. The number of thioether (sulfide) groups is 1. The summed E-state index contributed by atoms with van der Waals surface area (Å²) in [6.07, 6.45) is 6.49. The molecule has 2 unspecified atom stereocenters. The number of fused-ring (bicyclic) bond motifs is 1. The maximum atomic E-state index is 11.8. The third-order valence-corrected chi connectivity index (χ3v) is 4.63. The van der Waals surface area contributed by atoms with Crippen molar-refractivity contribution in [2.75, 3.05) is 5.75 Å². The summed E-state index contributed by atoms with van der Waals surface area (Å²) < 4.78 is 0. The topological polar surface area (TPSA) is 67.2 Å². The standard InChI is InChI=1S/C15H18N4OS/c1-9-6-10(2)17-15(16-9)21-8-14(20)19-18-13-7-11-4-3-5-12(11)13/h3-4,6,11-12H,5,7-8H2,1-2H3,(H,19,20)/b18-13+. The van der Waals surface area contributed by atoms with Crippen LogP contribution >= 0.6 is 11.8 Å². The van der Waals surface area contributed by atoms with Crippen molar-refractivity contribution >= 4 is 23.4 Å². The van der Waals surface area contributed by atoms with E-state index >= 15 is 0 Å².